The van der Waals surface area contributed by atoms with Crippen LogP contribution in [0.15, 0.2) is 54.6 Å². The second-order valence-corrected chi connectivity index (χ2v) is 8.49. The van der Waals surface area contributed by atoms with Gasteiger partial charge in [-0.3, -0.25) is 19.7 Å². The molecule has 7 heteroatoms. The average molecular weight is 424 g/mol. The molecule has 6 nitrogen and oxygen atoms in total. The van der Waals surface area contributed by atoms with Crippen molar-refractivity contribution < 1.29 is 14.4 Å². The number of hydrogen-bond donors (Lipinski definition) is 1. The number of rotatable bonds is 4. The average Bonchev–Trinajstić information content (AvgIpc) is 3.30. The van der Waals surface area contributed by atoms with Crippen LogP contribution in [0.3, 0.4) is 0 Å². The number of benzene rings is 2. The Morgan fingerprint density at radius 1 is 1.00 bits per heavy atom. The highest BCUT2D eigenvalue weighted by Gasteiger charge is 2.70. The summed E-state index contributed by atoms with van der Waals surface area (Å²) in [5, 5.41) is 3.38. The number of amides is 3. The largest absolute Gasteiger partial charge is 0.310 e. The molecule has 5 rings (SSSR count). The molecule has 154 valence electrons. The van der Waals surface area contributed by atoms with E-state index in [9.17, 15) is 14.4 Å². The van der Waals surface area contributed by atoms with Crippen LogP contribution < -0.4 is 15.1 Å². The van der Waals surface area contributed by atoms with Crippen LogP contribution in [0, 0.1) is 11.8 Å². The Hall–Kier alpha value is -2.70. The summed E-state index contributed by atoms with van der Waals surface area (Å²) in [4.78, 5) is 43.8. The van der Waals surface area contributed by atoms with Crippen LogP contribution in [0.2, 0.25) is 0 Å². The monoisotopic (exact) mass is 423 g/mol. The van der Waals surface area contributed by atoms with Gasteiger partial charge in [-0.25, -0.2) is 4.90 Å². The van der Waals surface area contributed by atoms with E-state index in [1.807, 2.05) is 37.3 Å². The fourth-order valence-corrected chi connectivity index (χ4v) is 5.50. The summed E-state index contributed by atoms with van der Waals surface area (Å²) >= 11 is 5.89. The number of anilines is 2. The number of halogens is 1. The zero-order chi connectivity index (χ0) is 21.0. The molecular formula is C23H22ClN3O3. The lowest BCUT2D eigenvalue weighted by molar-refractivity contribution is -0.132. The van der Waals surface area contributed by atoms with Crippen molar-refractivity contribution in [3.05, 3.63) is 60.2 Å². The second-order valence-electron chi connectivity index (χ2n) is 8.11. The molecule has 0 radical (unpaired) electrons. The van der Waals surface area contributed by atoms with Gasteiger partial charge < -0.3 is 4.90 Å². The van der Waals surface area contributed by atoms with Gasteiger partial charge in [0.05, 0.1) is 17.5 Å². The van der Waals surface area contributed by atoms with Crippen molar-refractivity contribution in [1.29, 1.82) is 0 Å². The molecule has 0 bridgehead atoms. The summed E-state index contributed by atoms with van der Waals surface area (Å²) in [6.07, 6.45) is 0.643. The maximum absolute atomic E-state index is 13.8. The highest BCUT2D eigenvalue weighted by molar-refractivity contribution is 6.26. The number of fused-ring (bicyclic) bond motifs is 4. The molecule has 0 aliphatic carbocycles. The van der Waals surface area contributed by atoms with E-state index in [1.54, 1.807) is 29.2 Å². The maximum Gasteiger partial charge on any atom is 0.252 e. The van der Waals surface area contributed by atoms with Gasteiger partial charge in [-0.15, -0.1) is 11.6 Å². The summed E-state index contributed by atoms with van der Waals surface area (Å²) in [5.74, 6) is -1.69. The molecule has 0 saturated carbocycles. The van der Waals surface area contributed by atoms with Crippen LogP contribution in [-0.4, -0.2) is 36.2 Å². The Morgan fingerprint density at radius 3 is 2.43 bits per heavy atom. The third kappa shape index (κ3) is 2.38. The Kier molecular flexibility index (Phi) is 4.45. The lowest BCUT2D eigenvalue weighted by Crippen LogP contribution is -2.55. The van der Waals surface area contributed by atoms with Gasteiger partial charge in [-0.2, -0.15) is 0 Å². The molecule has 1 N–H and O–H groups in total. The molecule has 2 fully saturated rings. The van der Waals surface area contributed by atoms with Crippen molar-refractivity contribution in [3.63, 3.8) is 0 Å². The zero-order valence-electron chi connectivity index (χ0n) is 16.5. The van der Waals surface area contributed by atoms with Crippen LogP contribution in [0.4, 0.5) is 11.4 Å². The van der Waals surface area contributed by atoms with Gasteiger partial charge in [0, 0.05) is 29.7 Å². The second kappa shape index (κ2) is 6.93. The SMILES string of the molecule is CC1NC2(C(=O)N(CCCCl)c3ccccc32)C2C(=O)N(c3ccccc3)C(=O)C12. The molecule has 3 aliphatic heterocycles. The minimum absolute atomic E-state index is 0.177. The van der Waals surface area contributed by atoms with Crippen LogP contribution in [0.5, 0.6) is 0 Å². The van der Waals surface area contributed by atoms with Gasteiger partial charge in [0.2, 0.25) is 11.8 Å². The predicted octanol–water partition coefficient (Wildman–Crippen LogP) is 2.65. The number of carbonyl (C=O) groups is 3. The van der Waals surface area contributed by atoms with Gasteiger partial charge in [0.25, 0.3) is 5.91 Å². The third-order valence-electron chi connectivity index (χ3n) is 6.54. The van der Waals surface area contributed by atoms with Gasteiger partial charge in [0.15, 0.2) is 0 Å². The van der Waals surface area contributed by atoms with E-state index in [1.165, 1.54) is 4.90 Å². The van der Waals surface area contributed by atoms with Crippen LogP contribution in [0.25, 0.3) is 0 Å². The molecule has 0 aromatic heterocycles. The molecule has 3 amide bonds. The number of carbonyl (C=O) groups excluding carboxylic acids is 3. The highest BCUT2D eigenvalue weighted by Crippen LogP contribution is 2.54. The Balaban J connectivity index is 1.64. The predicted molar refractivity (Wildman–Crippen MR) is 114 cm³/mol. The van der Waals surface area contributed by atoms with E-state index >= 15 is 0 Å². The van der Waals surface area contributed by atoms with Crippen molar-refractivity contribution in [1.82, 2.24) is 5.32 Å². The fourth-order valence-electron chi connectivity index (χ4n) is 5.38. The topological polar surface area (TPSA) is 69.7 Å². The van der Waals surface area contributed by atoms with E-state index < -0.39 is 17.4 Å². The summed E-state index contributed by atoms with van der Waals surface area (Å²) < 4.78 is 0. The molecule has 2 aromatic carbocycles. The number of nitrogens with zero attached hydrogens (tertiary/aromatic N) is 2. The first-order valence-corrected chi connectivity index (χ1v) is 10.7. The van der Waals surface area contributed by atoms with Gasteiger partial charge in [-0.1, -0.05) is 36.4 Å². The van der Waals surface area contributed by atoms with E-state index in [2.05, 4.69) is 5.32 Å². The third-order valence-corrected chi connectivity index (χ3v) is 6.81. The Labute approximate surface area is 179 Å². The minimum Gasteiger partial charge on any atom is -0.310 e. The van der Waals surface area contributed by atoms with Crippen molar-refractivity contribution in [2.45, 2.75) is 24.9 Å². The van der Waals surface area contributed by atoms with E-state index in [0.717, 1.165) is 11.3 Å². The first-order valence-electron chi connectivity index (χ1n) is 10.2. The summed E-state index contributed by atoms with van der Waals surface area (Å²) in [5.41, 5.74) is 0.858. The number of nitrogens with one attached hydrogen (secondary N) is 1. The Bertz CT molecular complexity index is 1040. The van der Waals surface area contributed by atoms with E-state index in [0.29, 0.717) is 24.5 Å². The fraction of sp³-hybridized carbons (Fsp3) is 0.348. The molecule has 30 heavy (non-hydrogen) atoms. The van der Waals surface area contributed by atoms with Crippen molar-refractivity contribution in [2.24, 2.45) is 11.8 Å². The lowest BCUT2D eigenvalue weighted by Gasteiger charge is -2.30. The standard InChI is InChI=1S/C23H22ClN3O3/c1-14-18-19(21(29)27(20(18)28)15-8-3-2-4-9-15)23(25-14)16-10-5-6-11-17(16)26(22(23)30)13-7-12-24/h2-6,8-11,14,18-19,25H,7,12-13H2,1H3. The quantitative estimate of drug-likeness (QED) is 0.606. The molecule has 3 heterocycles. The number of para-hydroxylation sites is 2. The first kappa shape index (κ1) is 19.3. The summed E-state index contributed by atoms with van der Waals surface area (Å²) in [6, 6.07) is 16.2. The van der Waals surface area contributed by atoms with Crippen LogP contribution in [-0.2, 0) is 19.9 Å². The van der Waals surface area contributed by atoms with Gasteiger partial charge in [-0.05, 0) is 31.5 Å². The molecule has 2 aromatic rings. The van der Waals surface area contributed by atoms with Crippen molar-refractivity contribution in [2.75, 3.05) is 22.2 Å². The van der Waals surface area contributed by atoms with Gasteiger partial charge >= 0.3 is 0 Å². The molecule has 4 unspecified atom stereocenters. The lowest BCUT2D eigenvalue weighted by atomic mass is 9.76. The molecule has 1 spiro atoms. The van der Waals surface area contributed by atoms with Crippen molar-refractivity contribution >= 4 is 40.7 Å². The van der Waals surface area contributed by atoms with Gasteiger partial charge in [0.1, 0.15) is 5.54 Å². The number of alkyl halides is 1. The molecular weight excluding hydrogens is 402 g/mol. The normalized spacial score (nSPS) is 29.8. The summed E-state index contributed by atoms with van der Waals surface area (Å²) in [6.45, 7) is 2.35. The first-order chi connectivity index (χ1) is 14.5. The summed E-state index contributed by atoms with van der Waals surface area (Å²) in [7, 11) is 0. The van der Waals surface area contributed by atoms with Crippen molar-refractivity contribution in [3.8, 4) is 0 Å². The van der Waals surface area contributed by atoms with Crippen LogP contribution >= 0.6 is 11.6 Å². The van der Waals surface area contributed by atoms with E-state index in [4.69, 9.17) is 11.6 Å². The molecule has 4 atom stereocenters. The smallest absolute Gasteiger partial charge is 0.252 e. The number of hydrogen-bond acceptors (Lipinski definition) is 4. The molecule has 3 aliphatic rings. The van der Waals surface area contributed by atoms with Crippen LogP contribution in [0.1, 0.15) is 18.9 Å². The highest BCUT2D eigenvalue weighted by atomic mass is 35.5. The zero-order valence-corrected chi connectivity index (χ0v) is 17.3. The number of imide groups is 1. The minimum atomic E-state index is -1.23. The maximum atomic E-state index is 13.8. The Morgan fingerprint density at radius 2 is 1.70 bits per heavy atom. The molecule has 2 saturated heterocycles. The van der Waals surface area contributed by atoms with E-state index in [-0.39, 0.29) is 23.8 Å².